The SMILES string of the molecule is Cn1cc(-c2ccc(NC(=O)c3cc(Br)c(CN(C(=O)OC(C)(C)C)C(=O)OC(C)(C)C)n(-c4ccccc4)c3=O)nc2)c2c(N=[N+]=[N-])ncnc21. The summed E-state index contributed by atoms with van der Waals surface area (Å²) < 4.78 is 14.3. The molecule has 16 nitrogen and oxygen atoms in total. The van der Waals surface area contributed by atoms with E-state index in [1.165, 1.54) is 23.2 Å². The van der Waals surface area contributed by atoms with E-state index in [1.807, 2.05) is 0 Å². The molecule has 5 aromatic rings. The molecule has 268 valence electrons. The van der Waals surface area contributed by atoms with Gasteiger partial charge in [0.2, 0.25) is 0 Å². The van der Waals surface area contributed by atoms with Crippen LogP contribution in [0, 0.1) is 0 Å². The van der Waals surface area contributed by atoms with Crippen molar-refractivity contribution in [2.24, 2.45) is 12.2 Å². The molecule has 0 saturated carbocycles. The molecule has 1 N–H and O–H groups in total. The summed E-state index contributed by atoms with van der Waals surface area (Å²) in [4.78, 5) is 70.9. The maximum absolute atomic E-state index is 14.2. The third-order valence-electron chi connectivity index (χ3n) is 7.23. The lowest BCUT2D eigenvalue weighted by molar-refractivity contribution is -0.000674. The summed E-state index contributed by atoms with van der Waals surface area (Å²) in [6.45, 7) is 9.50. The van der Waals surface area contributed by atoms with E-state index in [1.54, 1.807) is 102 Å². The Morgan fingerprint density at radius 2 is 1.63 bits per heavy atom. The number of anilines is 1. The summed E-state index contributed by atoms with van der Waals surface area (Å²) >= 11 is 3.48. The number of para-hydroxylation sites is 1. The Morgan fingerprint density at radius 1 is 0.981 bits per heavy atom. The molecule has 0 atom stereocenters. The van der Waals surface area contributed by atoms with Crippen LogP contribution < -0.4 is 10.9 Å². The van der Waals surface area contributed by atoms with E-state index in [-0.39, 0.29) is 27.4 Å². The smallest absolute Gasteiger partial charge is 0.420 e. The van der Waals surface area contributed by atoms with Crippen LogP contribution in [-0.2, 0) is 23.1 Å². The molecule has 1 aromatic carbocycles. The highest BCUT2D eigenvalue weighted by atomic mass is 79.9. The molecule has 0 aliphatic carbocycles. The summed E-state index contributed by atoms with van der Waals surface area (Å²) in [5, 5.41) is 6.89. The van der Waals surface area contributed by atoms with Crippen molar-refractivity contribution in [2.75, 3.05) is 5.32 Å². The first-order valence-corrected chi connectivity index (χ1v) is 16.6. The second kappa shape index (κ2) is 14.7. The molecule has 0 aliphatic heterocycles. The number of ether oxygens (including phenoxy) is 2. The summed E-state index contributed by atoms with van der Waals surface area (Å²) in [5.74, 6) is -0.459. The van der Waals surface area contributed by atoms with Gasteiger partial charge in [-0.15, -0.1) is 0 Å². The number of benzene rings is 1. The number of carbonyl (C=O) groups is 3. The van der Waals surface area contributed by atoms with Gasteiger partial charge in [-0.1, -0.05) is 18.2 Å². The van der Waals surface area contributed by atoms with Crippen LogP contribution in [0.3, 0.4) is 0 Å². The first-order chi connectivity index (χ1) is 24.5. The molecule has 0 bridgehead atoms. The van der Waals surface area contributed by atoms with E-state index in [0.29, 0.717) is 27.8 Å². The second-order valence-electron chi connectivity index (χ2n) is 13.5. The fraction of sp³-hybridized carbons (Fsp3) is 0.286. The molecule has 0 unspecified atom stereocenters. The Balaban J connectivity index is 1.51. The normalized spacial score (nSPS) is 11.5. The highest BCUT2D eigenvalue weighted by Crippen LogP contribution is 2.34. The lowest BCUT2D eigenvalue weighted by atomic mass is 10.1. The second-order valence-corrected chi connectivity index (χ2v) is 14.4. The van der Waals surface area contributed by atoms with Crippen molar-refractivity contribution in [2.45, 2.75) is 59.3 Å². The lowest BCUT2D eigenvalue weighted by Gasteiger charge is -2.29. The molecular weight excluding hydrogens is 736 g/mol. The van der Waals surface area contributed by atoms with Gasteiger partial charge in [0, 0.05) is 45.6 Å². The minimum atomic E-state index is -0.984. The Bertz CT molecular complexity index is 2260. The number of nitrogens with one attached hydrogen (secondary N) is 1. The van der Waals surface area contributed by atoms with Crippen LogP contribution in [0.25, 0.3) is 38.3 Å². The van der Waals surface area contributed by atoms with Gasteiger partial charge in [-0.2, -0.15) is 0 Å². The number of rotatable bonds is 7. The number of hydrogen-bond acceptors (Lipinski definition) is 10. The van der Waals surface area contributed by atoms with Crippen molar-refractivity contribution >= 4 is 56.7 Å². The number of carbonyl (C=O) groups excluding carboxylic acids is 3. The van der Waals surface area contributed by atoms with Crippen molar-refractivity contribution in [1.82, 2.24) is 29.0 Å². The monoisotopic (exact) mass is 770 g/mol. The Hall–Kier alpha value is -6.06. The largest absolute Gasteiger partial charge is 0.443 e. The zero-order valence-corrected chi connectivity index (χ0v) is 31.0. The zero-order valence-electron chi connectivity index (χ0n) is 29.4. The highest BCUT2D eigenvalue weighted by molar-refractivity contribution is 9.10. The van der Waals surface area contributed by atoms with Crippen LogP contribution in [0.4, 0.5) is 21.2 Å². The van der Waals surface area contributed by atoms with E-state index >= 15 is 0 Å². The maximum Gasteiger partial charge on any atom is 0.420 e. The molecule has 5 rings (SSSR count). The summed E-state index contributed by atoms with van der Waals surface area (Å²) in [6, 6.07) is 13.0. The van der Waals surface area contributed by atoms with Gasteiger partial charge in [0.05, 0.1) is 17.6 Å². The molecule has 0 aliphatic rings. The number of nitrogens with zero attached hydrogens (tertiary/aromatic N) is 9. The fourth-order valence-corrected chi connectivity index (χ4v) is 5.64. The number of amides is 3. The predicted octanol–water partition coefficient (Wildman–Crippen LogP) is 7.81. The standard InChI is InChI=1S/C35H35BrN10O6/c1-34(2,3)51-32(49)45(33(50)52-35(4,5)6)18-25-24(36)15-22(31(48)46(25)21-11-9-8-10-12-21)30(47)41-26-14-13-20(16-38-26)23-17-44(7)29-27(23)28(42-43-37)39-19-40-29/h8-17,19H,18H2,1-7H3,(H,38,41,47). The van der Waals surface area contributed by atoms with Gasteiger partial charge < -0.3 is 19.4 Å². The average Bonchev–Trinajstić information content (AvgIpc) is 3.41. The minimum absolute atomic E-state index is 0.146. The molecule has 3 amide bonds. The van der Waals surface area contributed by atoms with Gasteiger partial charge in [0.1, 0.15) is 40.4 Å². The first-order valence-electron chi connectivity index (χ1n) is 15.8. The van der Waals surface area contributed by atoms with Gasteiger partial charge in [-0.3, -0.25) is 14.2 Å². The lowest BCUT2D eigenvalue weighted by Crippen LogP contribution is -2.44. The Kier molecular flexibility index (Phi) is 10.5. The van der Waals surface area contributed by atoms with E-state index in [4.69, 9.17) is 15.0 Å². The van der Waals surface area contributed by atoms with Crippen molar-refractivity contribution in [1.29, 1.82) is 0 Å². The Morgan fingerprint density at radius 3 is 2.21 bits per heavy atom. The van der Waals surface area contributed by atoms with E-state index in [0.717, 1.165) is 4.90 Å². The highest BCUT2D eigenvalue weighted by Gasteiger charge is 2.33. The van der Waals surface area contributed by atoms with Gasteiger partial charge in [-0.05, 0) is 98.4 Å². The summed E-state index contributed by atoms with van der Waals surface area (Å²) in [6.07, 6.45) is 2.65. The topological polar surface area (TPSA) is 199 Å². The summed E-state index contributed by atoms with van der Waals surface area (Å²) in [5.41, 5.74) is 8.53. The number of hydrogen-bond donors (Lipinski definition) is 1. The van der Waals surface area contributed by atoms with Crippen LogP contribution in [0.2, 0.25) is 0 Å². The van der Waals surface area contributed by atoms with Crippen LogP contribution >= 0.6 is 15.9 Å². The minimum Gasteiger partial charge on any atom is -0.443 e. The number of halogens is 1. The zero-order chi connectivity index (χ0) is 38.0. The van der Waals surface area contributed by atoms with Crippen molar-refractivity contribution < 1.29 is 23.9 Å². The molecule has 0 spiro atoms. The molecule has 0 saturated heterocycles. The molecular formula is C35H35BrN10O6. The maximum atomic E-state index is 14.2. The molecule has 0 radical (unpaired) electrons. The molecule has 52 heavy (non-hydrogen) atoms. The van der Waals surface area contributed by atoms with Gasteiger partial charge >= 0.3 is 12.2 Å². The number of imide groups is 1. The van der Waals surface area contributed by atoms with Crippen molar-refractivity contribution in [3.05, 3.63) is 104 Å². The quantitative estimate of drug-likeness (QED) is 0.0974. The third kappa shape index (κ3) is 8.28. The van der Waals surface area contributed by atoms with Crippen LogP contribution in [-0.4, -0.2) is 58.3 Å². The van der Waals surface area contributed by atoms with Crippen LogP contribution in [0.1, 0.15) is 57.6 Å². The van der Waals surface area contributed by atoms with E-state index < -0.39 is 41.4 Å². The van der Waals surface area contributed by atoms with Crippen molar-refractivity contribution in [3.8, 4) is 16.8 Å². The van der Waals surface area contributed by atoms with E-state index in [9.17, 15) is 19.2 Å². The van der Waals surface area contributed by atoms with Gasteiger partial charge in [0.25, 0.3) is 11.5 Å². The van der Waals surface area contributed by atoms with Crippen LogP contribution in [0.5, 0.6) is 0 Å². The molecule has 17 heteroatoms. The van der Waals surface area contributed by atoms with Crippen LogP contribution in [0.15, 0.2) is 81.6 Å². The average molecular weight is 772 g/mol. The number of azide groups is 1. The molecule has 0 fully saturated rings. The first kappa shape index (κ1) is 37.2. The van der Waals surface area contributed by atoms with E-state index in [2.05, 4.69) is 46.2 Å². The number of aryl methyl sites for hydroxylation is 1. The fourth-order valence-electron chi connectivity index (χ4n) is 5.11. The third-order valence-corrected chi connectivity index (χ3v) is 7.92. The number of fused-ring (bicyclic) bond motifs is 1. The van der Waals surface area contributed by atoms with Gasteiger partial charge in [-0.25, -0.2) is 29.4 Å². The molecule has 4 aromatic heterocycles. The van der Waals surface area contributed by atoms with Gasteiger partial charge in [0.15, 0.2) is 0 Å². The summed E-state index contributed by atoms with van der Waals surface area (Å²) in [7, 11) is 1.79. The number of pyridine rings is 2. The molecule has 4 heterocycles. The van der Waals surface area contributed by atoms with Crippen molar-refractivity contribution in [3.63, 3.8) is 0 Å². The predicted molar refractivity (Wildman–Crippen MR) is 196 cm³/mol. The Labute approximate surface area is 306 Å². The number of aromatic nitrogens is 5.